The number of furan rings is 1. The van der Waals surface area contributed by atoms with Crippen molar-refractivity contribution in [1.82, 2.24) is 9.80 Å². The summed E-state index contributed by atoms with van der Waals surface area (Å²) < 4.78 is 32.9. The first-order chi connectivity index (χ1) is 9.91. The third kappa shape index (κ3) is 4.05. The Labute approximate surface area is 124 Å². The first-order valence-corrected chi connectivity index (χ1v) is 8.61. The molecule has 2 rings (SSSR count). The van der Waals surface area contributed by atoms with Crippen molar-refractivity contribution < 1.29 is 22.4 Å². The van der Waals surface area contributed by atoms with E-state index in [1.54, 1.807) is 12.0 Å². The summed E-state index contributed by atoms with van der Waals surface area (Å²) in [5, 5.41) is -0.176. The lowest BCUT2D eigenvalue weighted by Crippen LogP contribution is -2.49. The Morgan fingerprint density at radius 2 is 1.95 bits per heavy atom. The molecule has 1 fully saturated rings. The summed E-state index contributed by atoms with van der Waals surface area (Å²) in [4.78, 5) is 16.1. The quantitative estimate of drug-likeness (QED) is 0.766. The molecule has 0 aromatic carbocycles. The van der Waals surface area contributed by atoms with Gasteiger partial charge in [0.1, 0.15) is 0 Å². The molecule has 1 saturated heterocycles. The SMILES string of the molecule is COCCN1CCN(C(=O)c2ccc(S(C)(=O)=O)o2)CC1. The predicted octanol–water partition coefficient (Wildman–Crippen LogP) is 0.0873. The van der Waals surface area contributed by atoms with Gasteiger partial charge in [0.05, 0.1) is 6.61 Å². The lowest BCUT2D eigenvalue weighted by atomic mass is 10.3. The maximum atomic E-state index is 12.3. The molecule has 118 valence electrons. The number of rotatable bonds is 5. The van der Waals surface area contributed by atoms with Gasteiger partial charge in [-0.1, -0.05) is 0 Å². The van der Waals surface area contributed by atoms with Crippen LogP contribution in [0.4, 0.5) is 0 Å². The van der Waals surface area contributed by atoms with Crippen molar-refractivity contribution in [2.45, 2.75) is 5.09 Å². The monoisotopic (exact) mass is 316 g/mol. The van der Waals surface area contributed by atoms with Gasteiger partial charge in [0.15, 0.2) is 5.76 Å². The highest BCUT2D eigenvalue weighted by Crippen LogP contribution is 2.16. The molecule has 0 bridgehead atoms. The summed E-state index contributed by atoms with van der Waals surface area (Å²) in [5.74, 6) is -0.197. The maximum absolute atomic E-state index is 12.3. The molecule has 0 spiro atoms. The summed E-state index contributed by atoms with van der Waals surface area (Å²) in [6.07, 6.45) is 1.05. The zero-order valence-corrected chi connectivity index (χ0v) is 13.1. The predicted molar refractivity (Wildman–Crippen MR) is 76.0 cm³/mol. The first kappa shape index (κ1) is 16.0. The maximum Gasteiger partial charge on any atom is 0.289 e. The van der Waals surface area contributed by atoms with Crippen LogP contribution in [0.25, 0.3) is 0 Å². The normalized spacial score (nSPS) is 17.1. The molecular weight excluding hydrogens is 296 g/mol. The van der Waals surface area contributed by atoms with E-state index in [-0.39, 0.29) is 16.8 Å². The minimum atomic E-state index is -3.42. The minimum absolute atomic E-state index is 0.0702. The van der Waals surface area contributed by atoms with E-state index < -0.39 is 9.84 Å². The van der Waals surface area contributed by atoms with E-state index in [2.05, 4.69) is 4.90 Å². The molecule has 0 saturated carbocycles. The zero-order valence-electron chi connectivity index (χ0n) is 12.2. The Morgan fingerprint density at radius 1 is 1.29 bits per heavy atom. The van der Waals surface area contributed by atoms with Gasteiger partial charge in [-0.3, -0.25) is 9.69 Å². The highest BCUT2D eigenvalue weighted by Gasteiger charge is 2.25. The summed E-state index contributed by atoms with van der Waals surface area (Å²) in [7, 11) is -1.76. The molecule has 0 unspecified atom stereocenters. The van der Waals surface area contributed by atoms with Crippen LogP contribution in [0.3, 0.4) is 0 Å². The third-order valence-electron chi connectivity index (χ3n) is 3.43. The van der Waals surface area contributed by atoms with Crippen molar-refractivity contribution in [3.63, 3.8) is 0 Å². The Hall–Kier alpha value is -1.38. The molecule has 1 aliphatic heterocycles. The van der Waals surface area contributed by atoms with Crippen LogP contribution < -0.4 is 0 Å². The molecule has 2 heterocycles. The van der Waals surface area contributed by atoms with E-state index in [9.17, 15) is 13.2 Å². The molecule has 1 aliphatic rings. The molecule has 7 nitrogen and oxygen atoms in total. The standard InChI is InChI=1S/C13H20N2O5S/c1-19-10-9-14-5-7-15(8-6-14)13(16)11-3-4-12(20-11)21(2,17)18/h3-4H,5-10H2,1-2H3. The van der Waals surface area contributed by atoms with Crippen molar-refractivity contribution >= 4 is 15.7 Å². The fourth-order valence-electron chi connectivity index (χ4n) is 2.19. The number of hydrogen-bond donors (Lipinski definition) is 0. The van der Waals surface area contributed by atoms with Crippen molar-refractivity contribution in [2.75, 3.05) is 52.7 Å². The Kier molecular flexibility index (Phi) is 5.02. The van der Waals surface area contributed by atoms with E-state index in [4.69, 9.17) is 9.15 Å². The zero-order chi connectivity index (χ0) is 15.5. The molecule has 8 heteroatoms. The average Bonchev–Trinajstić information content (AvgIpc) is 2.95. The van der Waals surface area contributed by atoms with Crippen molar-refractivity contribution in [2.24, 2.45) is 0 Å². The van der Waals surface area contributed by atoms with Gasteiger partial charge in [-0.2, -0.15) is 0 Å². The summed E-state index contributed by atoms with van der Waals surface area (Å²) in [6, 6.07) is 2.73. The average molecular weight is 316 g/mol. The van der Waals surface area contributed by atoms with Crippen LogP contribution in [0.15, 0.2) is 21.6 Å². The fourth-order valence-corrected chi connectivity index (χ4v) is 2.74. The molecule has 1 aromatic heterocycles. The fraction of sp³-hybridized carbons (Fsp3) is 0.615. The minimum Gasteiger partial charge on any atom is -0.440 e. The number of hydrogen-bond acceptors (Lipinski definition) is 6. The Balaban J connectivity index is 1.94. The van der Waals surface area contributed by atoms with Crippen LogP contribution in [0, 0.1) is 0 Å². The van der Waals surface area contributed by atoms with E-state index in [1.165, 1.54) is 12.1 Å². The Bertz CT molecular complexity index is 587. The van der Waals surface area contributed by atoms with Gasteiger partial charge in [-0.25, -0.2) is 8.42 Å². The van der Waals surface area contributed by atoms with E-state index >= 15 is 0 Å². The molecule has 21 heavy (non-hydrogen) atoms. The van der Waals surface area contributed by atoms with E-state index in [0.717, 1.165) is 25.9 Å². The van der Waals surface area contributed by atoms with E-state index in [1.807, 2.05) is 0 Å². The number of carbonyl (C=O) groups excluding carboxylic acids is 1. The van der Waals surface area contributed by atoms with E-state index in [0.29, 0.717) is 19.7 Å². The number of methoxy groups -OCH3 is 1. The first-order valence-electron chi connectivity index (χ1n) is 6.72. The van der Waals surface area contributed by atoms with Crippen molar-refractivity contribution in [1.29, 1.82) is 0 Å². The summed E-state index contributed by atoms with van der Waals surface area (Å²) >= 11 is 0. The van der Waals surface area contributed by atoms with Gasteiger partial charge in [0, 0.05) is 46.1 Å². The van der Waals surface area contributed by atoms with Crippen molar-refractivity contribution in [3.8, 4) is 0 Å². The number of sulfone groups is 1. The second-order valence-corrected chi connectivity index (χ2v) is 6.96. The van der Waals surface area contributed by atoms with Gasteiger partial charge in [-0.15, -0.1) is 0 Å². The highest BCUT2D eigenvalue weighted by atomic mass is 32.2. The van der Waals surface area contributed by atoms with Gasteiger partial charge < -0.3 is 14.1 Å². The number of carbonyl (C=O) groups is 1. The van der Waals surface area contributed by atoms with Gasteiger partial charge >= 0.3 is 0 Å². The molecule has 0 aliphatic carbocycles. The molecule has 0 atom stereocenters. The molecular formula is C13H20N2O5S. The summed E-state index contributed by atoms with van der Waals surface area (Å²) in [5.41, 5.74) is 0. The third-order valence-corrected chi connectivity index (χ3v) is 4.38. The highest BCUT2D eigenvalue weighted by molar-refractivity contribution is 7.90. The molecule has 0 N–H and O–H groups in total. The van der Waals surface area contributed by atoms with Crippen LogP contribution in [-0.4, -0.2) is 76.8 Å². The number of nitrogens with zero attached hydrogens (tertiary/aromatic N) is 2. The second-order valence-electron chi connectivity index (χ2n) is 5.02. The lowest BCUT2D eigenvalue weighted by Gasteiger charge is -2.34. The van der Waals surface area contributed by atoms with Crippen LogP contribution in [0.1, 0.15) is 10.6 Å². The van der Waals surface area contributed by atoms with Crippen LogP contribution in [0.5, 0.6) is 0 Å². The van der Waals surface area contributed by atoms with Gasteiger partial charge in [-0.05, 0) is 12.1 Å². The van der Waals surface area contributed by atoms with Crippen LogP contribution >= 0.6 is 0 Å². The van der Waals surface area contributed by atoms with Crippen LogP contribution in [0.2, 0.25) is 0 Å². The van der Waals surface area contributed by atoms with Gasteiger partial charge in [0.2, 0.25) is 14.9 Å². The summed E-state index contributed by atoms with van der Waals surface area (Å²) in [6.45, 7) is 4.25. The smallest absolute Gasteiger partial charge is 0.289 e. The molecule has 1 aromatic rings. The van der Waals surface area contributed by atoms with Gasteiger partial charge in [0.25, 0.3) is 5.91 Å². The molecule has 1 amide bonds. The topological polar surface area (TPSA) is 80.1 Å². The lowest BCUT2D eigenvalue weighted by molar-refractivity contribution is 0.0561. The second kappa shape index (κ2) is 6.59. The number of piperazine rings is 1. The Morgan fingerprint density at radius 3 is 2.48 bits per heavy atom. The largest absolute Gasteiger partial charge is 0.440 e. The van der Waals surface area contributed by atoms with Crippen molar-refractivity contribution in [3.05, 3.63) is 17.9 Å². The van der Waals surface area contributed by atoms with Crippen LogP contribution in [-0.2, 0) is 14.6 Å². The number of amides is 1. The number of ether oxygens (including phenoxy) is 1. The molecule has 0 radical (unpaired) electrons.